The van der Waals surface area contributed by atoms with E-state index in [-0.39, 0.29) is 42.5 Å². The van der Waals surface area contributed by atoms with Crippen LogP contribution in [0.25, 0.3) is 0 Å². The summed E-state index contributed by atoms with van der Waals surface area (Å²) in [5, 5.41) is 3.34. The van der Waals surface area contributed by atoms with Crippen molar-refractivity contribution in [2.24, 2.45) is 4.99 Å². The molecule has 1 unspecified atom stereocenters. The van der Waals surface area contributed by atoms with Crippen molar-refractivity contribution in [3.63, 3.8) is 0 Å². The largest absolute Gasteiger partial charge is 0.376 e. The van der Waals surface area contributed by atoms with Gasteiger partial charge in [-0.1, -0.05) is 13.3 Å². The van der Waals surface area contributed by atoms with Crippen LogP contribution in [0.3, 0.4) is 0 Å². The number of nitrogens with zero attached hydrogens (tertiary/aromatic N) is 3. The predicted octanol–water partition coefficient (Wildman–Crippen LogP) is 1.55. The number of carbonyl (C=O) groups is 1. The van der Waals surface area contributed by atoms with E-state index in [0.29, 0.717) is 0 Å². The highest BCUT2D eigenvalue weighted by atomic mass is 127. The number of unbranched alkanes of at least 4 members (excludes halogenated alkanes) is 1. The number of halogens is 1. The van der Waals surface area contributed by atoms with E-state index < -0.39 is 0 Å². The van der Waals surface area contributed by atoms with Gasteiger partial charge in [-0.2, -0.15) is 0 Å². The Labute approximate surface area is 151 Å². The van der Waals surface area contributed by atoms with Crippen LogP contribution in [0, 0.1) is 0 Å². The summed E-state index contributed by atoms with van der Waals surface area (Å²) in [5.41, 5.74) is 0. The van der Waals surface area contributed by atoms with Gasteiger partial charge in [0.1, 0.15) is 6.54 Å². The Hall–Kier alpha value is -0.570. The van der Waals surface area contributed by atoms with E-state index in [1.807, 2.05) is 7.05 Å². The van der Waals surface area contributed by atoms with E-state index in [9.17, 15) is 4.79 Å². The lowest BCUT2D eigenvalue weighted by molar-refractivity contribution is -0.127. The molecule has 0 aromatic heterocycles. The van der Waals surface area contributed by atoms with Gasteiger partial charge in [0.15, 0.2) is 5.96 Å². The van der Waals surface area contributed by atoms with Crippen LogP contribution in [-0.4, -0.2) is 75.2 Å². The molecule has 1 heterocycles. The molecule has 0 spiro atoms. The summed E-state index contributed by atoms with van der Waals surface area (Å²) in [4.78, 5) is 19.8. The van der Waals surface area contributed by atoms with Crippen LogP contribution in [0.4, 0.5) is 0 Å². The minimum absolute atomic E-state index is 0. The minimum atomic E-state index is 0. The molecule has 1 fully saturated rings. The zero-order valence-electron chi connectivity index (χ0n) is 14.3. The molecular formula is C15H31IN4O2. The van der Waals surface area contributed by atoms with Crippen molar-refractivity contribution in [2.75, 3.05) is 47.4 Å². The molecule has 7 heteroatoms. The summed E-state index contributed by atoms with van der Waals surface area (Å²) in [6, 6.07) is 0. The van der Waals surface area contributed by atoms with Gasteiger partial charge in [0.2, 0.25) is 5.91 Å². The Kier molecular flexibility index (Phi) is 11.6. The highest BCUT2D eigenvalue weighted by Crippen LogP contribution is 2.10. The average Bonchev–Trinajstić information content (AvgIpc) is 2.97. The zero-order valence-corrected chi connectivity index (χ0v) is 16.6. The summed E-state index contributed by atoms with van der Waals surface area (Å²) >= 11 is 0. The number of hydrogen-bond acceptors (Lipinski definition) is 3. The molecule has 1 N–H and O–H groups in total. The third-order valence-corrected chi connectivity index (χ3v) is 3.58. The highest BCUT2D eigenvalue weighted by molar-refractivity contribution is 14.0. The van der Waals surface area contributed by atoms with Crippen LogP contribution >= 0.6 is 24.0 Å². The number of rotatable bonds is 7. The quantitative estimate of drug-likeness (QED) is 0.381. The average molecular weight is 426 g/mol. The van der Waals surface area contributed by atoms with Crippen molar-refractivity contribution < 1.29 is 9.53 Å². The lowest BCUT2D eigenvalue weighted by atomic mass is 10.2. The van der Waals surface area contributed by atoms with Gasteiger partial charge in [0.05, 0.1) is 6.10 Å². The lowest BCUT2D eigenvalue weighted by Gasteiger charge is -2.23. The Bertz CT molecular complexity index is 344. The molecule has 0 bridgehead atoms. The topological polar surface area (TPSA) is 57.2 Å². The summed E-state index contributed by atoms with van der Waals surface area (Å²) in [5.74, 6) is 0.796. The maximum atomic E-state index is 11.7. The number of aliphatic imine (C=N–C) groups is 1. The zero-order chi connectivity index (χ0) is 15.7. The summed E-state index contributed by atoms with van der Waals surface area (Å²) in [6.45, 7) is 4.89. The highest BCUT2D eigenvalue weighted by Gasteiger charge is 2.17. The van der Waals surface area contributed by atoms with Crippen molar-refractivity contribution in [3.8, 4) is 0 Å². The van der Waals surface area contributed by atoms with Gasteiger partial charge in [-0.25, -0.2) is 4.99 Å². The first-order valence-electron chi connectivity index (χ1n) is 7.85. The second kappa shape index (κ2) is 11.9. The molecule has 1 aliphatic heterocycles. The summed E-state index contributed by atoms with van der Waals surface area (Å²) in [6.07, 6.45) is 4.73. The van der Waals surface area contributed by atoms with Gasteiger partial charge in [-0.3, -0.25) is 4.79 Å². The SMILES string of the molecule is CCCCN(C)C(=NCC(=O)N(C)C)NCC1CCCO1.I. The minimum Gasteiger partial charge on any atom is -0.376 e. The molecule has 1 amide bonds. The van der Waals surface area contributed by atoms with E-state index in [2.05, 4.69) is 22.1 Å². The molecule has 0 aromatic rings. The first kappa shape index (κ1) is 21.4. The van der Waals surface area contributed by atoms with Crippen LogP contribution in [0.5, 0.6) is 0 Å². The van der Waals surface area contributed by atoms with E-state index in [0.717, 1.165) is 51.3 Å². The number of guanidine groups is 1. The fraction of sp³-hybridized carbons (Fsp3) is 0.867. The second-order valence-electron chi connectivity index (χ2n) is 5.72. The first-order valence-corrected chi connectivity index (χ1v) is 7.85. The van der Waals surface area contributed by atoms with Crippen LogP contribution in [0.1, 0.15) is 32.6 Å². The molecule has 0 saturated carbocycles. The molecule has 0 aliphatic carbocycles. The Morgan fingerprint density at radius 3 is 2.64 bits per heavy atom. The second-order valence-corrected chi connectivity index (χ2v) is 5.72. The van der Waals surface area contributed by atoms with E-state index >= 15 is 0 Å². The normalized spacial score (nSPS) is 17.8. The van der Waals surface area contributed by atoms with Crippen molar-refractivity contribution >= 4 is 35.8 Å². The number of carbonyl (C=O) groups excluding carboxylic acids is 1. The molecule has 1 saturated heterocycles. The van der Waals surface area contributed by atoms with Gasteiger partial charge in [0.25, 0.3) is 0 Å². The first-order chi connectivity index (χ1) is 10.0. The Morgan fingerprint density at radius 1 is 1.36 bits per heavy atom. The van der Waals surface area contributed by atoms with Gasteiger partial charge in [-0.15, -0.1) is 24.0 Å². The number of hydrogen-bond donors (Lipinski definition) is 1. The fourth-order valence-corrected chi connectivity index (χ4v) is 2.11. The van der Waals surface area contributed by atoms with Crippen molar-refractivity contribution in [3.05, 3.63) is 0 Å². The smallest absolute Gasteiger partial charge is 0.243 e. The third kappa shape index (κ3) is 8.17. The standard InChI is InChI=1S/C15H30N4O2.HI/c1-5-6-9-19(4)15(17-12-14(20)18(2)3)16-11-13-8-7-10-21-13;/h13H,5-12H2,1-4H3,(H,16,17);1H. The van der Waals surface area contributed by atoms with Crippen LogP contribution in [-0.2, 0) is 9.53 Å². The summed E-state index contributed by atoms with van der Waals surface area (Å²) < 4.78 is 5.62. The summed E-state index contributed by atoms with van der Waals surface area (Å²) in [7, 11) is 5.51. The maximum Gasteiger partial charge on any atom is 0.243 e. The molecular weight excluding hydrogens is 395 g/mol. The van der Waals surface area contributed by atoms with Gasteiger partial charge in [0, 0.05) is 40.8 Å². The van der Waals surface area contributed by atoms with Crippen molar-refractivity contribution in [2.45, 2.75) is 38.7 Å². The molecule has 6 nitrogen and oxygen atoms in total. The molecule has 0 radical (unpaired) electrons. The monoisotopic (exact) mass is 426 g/mol. The van der Waals surface area contributed by atoms with Gasteiger partial charge in [-0.05, 0) is 19.3 Å². The van der Waals surface area contributed by atoms with Crippen LogP contribution in [0.2, 0.25) is 0 Å². The molecule has 1 rings (SSSR count). The van der Waals surface area contributed by atoms with E-state index in [1.165, 1.54) is 0 Å². The fourth-order valence-electron chi connectivity index (χ4n) is 2.11. The number of likely N-dealkylation sites (N-methyl/N-ethyl adjacent to an activating group) is 1. The molecule has 0 aromatic carbocycles. The molecule has 130 valence electrons. The van der Waals surface area contributed by atoms with Crippen molar-refractivity contribution in [1.82, 2.24) is 15.1 Å². The number of ether oxygens (including phenoxy) is 1. The number of nitrogens with one attached hydrogen (secondary N) is 1. The lowest BCUT2D eigenvalue weighted by Crippen LogP contribution is -2.43. The van der Waals surface area contributed by atoms with E-state index in [4.69, 9.17) is 4.74 Å². The Balaban J connectivity index is 0.00000441. The van der Waals surface area contributed by atoms with Gasteiger partial charge < -0.3 is 19.9 Å². The van der Waals surface area contributed by atoms with Crippen LogP contribution in [0.15, 0.2) is 4.99 Å². The molecule has 22 heavy (non-hydrogen) atoms. The van der Waals surface area contributed by atoms with E-state index in [1.54, 1.807) is 19.0 Å². The third-order valence-electron chi connectivity index (χ3n) is 3.58. The molecule has 1 aliphatic rings. The number of amides is 1. The van der Waals surface area contributed by atoms with Gasteiger partial charge >= 0.3 is 0 Å². The Morgan fingerprint density at radius 2 is 2.09 bits per heavy atom. The maximum absolute atomic E-state index is 11.7. The van der Waals surface area contributed by atoms with Crippen LogP contribution < -0.4 is 5.32 Å². The van der Waals surface area contributed by atoms with Crippen molar-refractivity contribution in [1.29, 1.82) is 0 Å². The predicted molar refractivity (Wildman–Crippen MR) is 101 cm³/mol. The molecule has 1 atom stereocenters.